The van der Waals surface area contributed by atoms with Crippen LogP contribution in [0.2, 0.25) is 10.0 Å². The van der Waals surface area contributed by atoms with E-state index in [-0.39, 0.29) is 5.91 Å². The van der Waals surface area contributed by atoms with Gasteiger partial charge >= 0.3 is 0 Å². The summed E-state index contributed by atoms with van der Waals surface area (Å²) in [6, 6.07) is 12.8. The highest BCUT2D eigenvalue weighted by atomic mass is 127. The molecule has 0 saturated heterocycles. The highest BCUT2D eigenvalue weighted by molar-refractivity contribution is 14.1. The molecule has 22 heavy (non-hydrogen) atoms. The number of nitrogens with one attached hydrogen (secondary N) is 1. The zero-order valence-corrected chi connectivity index (χ0v) is 14.8. The van der Waals surface area contributed by atoms with E-state index in [9.17, 15) is 4.79 Å². The summed E-state index contributed by atoms with van der Waals surface area (Å²) in [5.74, 6) is 0.201. The molecule has 1 amide bonds. The summed E-state index contributed by atoms with van der Waals surface area (Å²) in [6.45, 7) is 0. The van der Waals surface area contributed by atoms with Gasteiger partial charge in [0.25, 0.3) is 5.91 Å². The quantitative estimate of drug-likeness (QED) is 0.539. The van der Waals surface area contributed by atoms with Gasteiger partial charge in [-0.2, -0.15) is 0 Å². The van der Waals surface area contributed by atoms with Gasteiger partial charge in [-0.15, -0.1) is 0 Å². The molecule has 0 unspecified atom stereocenters. The highest BCUT2D eigenvalue weighted by Crippen LogP contribution is 2.23. The van der Waals surface area contributed by atoms with E-state index < -0.39 is 0 Å². The number of hydrogen-bond donors (Lipinski definition) is 1. The third-order valence-electron chi connectivity index (χ3n) is 3.03. The summed E-state index contributed by atoms with van der Waals surface area (Å²) >= 11 is 14.3. The number of nitrogens with zero attached hydrogens (tertiary/aromatic N) is 1. The van der Waals surface area contributed by atoms with Gasteiger partial charge in [0.05, 0.1) is 5.02 Å². The Morgan fingerprint density at radius 1 is 1.14 bits per heavy atom. The Balaban J connectivity index is 2.00. The molecule has 6 heteroatoms. The molecule has 0 radical (unpaired) electrons. The van der Waals surface area contributed by atoms with Crippen LogP contribution in [0.3, 0.4) is 0 Å². The molecule has 1 aliphatic heterocycles. The van der Waals surface area contributed by atoms with Gasteiger partial charge in [0, 0.05) is 14.2 Å². The molecule has 0 aliphatic carbocycles. The topological polar surface area (TPSA) is 41.5 Å². The summed E-state index contributed by atoms with van der Waals surface area (Å²) < 4.78 is 1.02. The molecule has 3 rings (SSSR count). The predicted octanol–water partition coefficient (Wildman–Crippen LogP) is 4.52. The number of carbonyl (C=O) groups excluding carboxylic acids is 1. The van der Waals surface area contributed by atoms with Gasteiger partial charge in [0.1, 0.15) is 11.5 Å². The second kappa shape index (κ2) is 6.40. The highest BCUT2D eigenvalue weighted by Gasteiger charge is 2.22. The van der Waals surface area contributed by atoms with Crippen LogP contribution in [0.4, 0.5) is 0 Å². The van der Waals surface area contributed by atoms with Crippen molar-refractivity contribution < 1.29 is 4.79 Å². The first kappa shape index (κ1) is 15.5. The molecular weight excluding hydrogens is 434 g/mol. The number of hydrogen-bond acceptors (Lipinski definition) is 2. The Labute approximate surface area is 151 Å². The second-order valence-electron chi connectivity index (χ2n) is 4.62. The van der Waals surface area contributed by atoms with Crippen molar-refractivity contribution in [3.63, 3.8) is 0 Å². The van der Waals surface area contributed by atoms with Crippen molar-refractivity contribution in [1.82, 2.24) is 5.32 Å². The number of aliphatic imine (C=N–C) groups is 1. The van der Waals surface area contributed by atoms with Crippen molar-refractivity contribution in [1.29, 1.82) is 0 Å². The van der Waals surface area contributed by atoms with Crippen LogP contribution in [0.25, 0.3) is 6.08 Å². The van der Waals surface area contributed by atoms with Gasteiger partial charge < -0.3 is 5.32 Å². The van der Waals surface area contributed by atoms with Crippen molar-refractivity contribution in [3.8, 4) is 0 Å². The zero-order chi connectivity index (χ0) is 15.7. The molecule has 0 saturated carbocycles. The number of benzene rings is 2. The summed E-state index contributed by atoms with van der Waals surface area (Å²) in [4.78, 5) is 16.4. The summed E-state index contributed by atoms with van der Waals surface area (Å²) in [7, 11) is 0. The van der Waals surface area contributed by atoms with Crippen molar-refractivity contribution in [2.75, 3.05) is 0 Å². The van der Waals surface area contributed by atoms with Crippen LogP contribution in [0.5, 0.6) is 0 Å². The lowest BCUT2D eigenvalue weighted by atomic mass is 10.2. The molecule has 1 heterocycles. The van der Waals surface area contributed by atoms with Crippen molar-refractivity contribution in [2.24, 2.45) is 4.99 Å². The van der Waals surface area contributed by atoms with E-state index in [0.717, 1.165) is 9.13 Å². The first-order chi connectivity index (χ1) is 10.5. The van der Waals surface area contributed by atoms with Gasteiger partial charge in [-0.1, -0.05) is 35.3 Å². The van der Waals surface area contributed by atoms with E-state index in [4.69, 9.17) is 23.2 Å². The predicted molar refractivity (Wildman–Crippen MR) is 98.3 cm³/mol. The number of halogens is 3. The Bertz CT molecular complexity index is 831. The molecule has 3 nitrogen and oxygen atoms in total. The lowest BCUT2D eigenvalue weighted by Crippen LogP contribution is -2.25. The van der Waals surface area contributed by atoms with Gasteiger partial charge in [0.2, 0.25) is 0 Å². The SMILES string of the molecule is O=C1NC(c2cc(I)ccc2Cl)=NC1=Cc1cccc(Cl)c1. The van der Waals surface area contributed by atoms with Gasteiger partial charge in [-0.25, -0.2) is 4.99 Å². The van der Waals surface area contributed by atoms with E-state index >= 15 is 0 Å². The Hall–Kier alpha value is -1.37. The van der Waals surface area contributed by atoms with E-state index in [1.165, 1.54) is 0 Å². The van der Waals surface area contributed by atoms with Crippen LogP contribution < -0.4 is 5.32 Å². The molecule has 1 aliphatic rings. The van der Waals surface area contributed by atoms with Crippen LogP contribution >= 0.6 is 45.8 Å². The number of carbonyl (C=O) groups is 1. The minimum atomic E-state index is -0.259. The lowest BCUT2D eigenvalue weighted by molar-refractivity contribution is -0.115. The molecule has 0 fully saturated rings. The van der Waals surface area contributed by atoms with Gasteiger partial charge in [-0.05, 0) is 64.6 Å². The molecule has 0 bridgehead atoms. The Kier molecular flexibility index (Phi) is 4.52. The van der Waals surface area contributed by atoms with Crippen LogP contribution in [0.15, 0.2) is 53.2 Å². The maximum atomic E-state index is 12.1. The first-order valence-corrected chi connectivity index (χ1v) is 8.19. The summed E-state index contributed by atoms with van der Waals surface area (Å²) in [6.07, 6.45) is 1.69. The lowest BCUT2D eigenvalue weighted by Gasteiger charge is -2.03. The smallest absolute Gasteiger partial charge is 0.275 e. The number of amides is 1. The molecule has 1 N–H and O–H groups in total. The maximum absolute atomic E-state index is 12.1. The average molecular weight is 443 g/mol. The molecule has 0 spiro atoms. The molecule has 2 aromatic carbocycles. The van der Waals surface area contributed by atoms with Gasteiger partial charge in [0.15, 0.2) is 0 Å². The Morgan fingerprint density at radius 3 is 2.73 bits per heavy atom. The molecule has 0 atom stereocenters. The van der Waals surface area contributed by atoms with Crippen LogP contribution in [0, 0.1) is 3.57 Å². The third kappa shape index (κ3) is 3.34. The fourth-order valence-corrected chi connectivity index (χ4v) is 2.93. The van der Waals surface area contributed by atoms with E-state index in [1.807, 2.05) is 24.3 Å². The van der Waals surface area contributed by atoms with Gasteiger partial charge in [-0.3, -0.25) is 4.79 Å². The van der Waals surface area contributed by atoms with Crippen molar-refractivity contribution in [2.45, 2.75) is 0 Å². The minimum Gasteiger partial charge on any atom is -0.305 e. The minimum absolute atomic E-state index is 0.259. The molecule has 110 valence electrons. The van der Waals surface area contributed by atoms with Crippen molar-refractivity contribution in [3.05, 3.63) is 72.9 Å². The van der Waals surface area contributed by atoms with E-state index in [0.29, 0.717) is 27.1 Å². The van der Waals surface area contributed by atoms with Crippen LogP contribution in [-0.4, -0.2) is 11.7 Å². The monoisotopic (exact) mass is 442 g/mol. The Morgan fingerprint density at radius 2 is 1.95 bits per heavy atom. The summed E-state index contributed by atoms with van der Waals surface area (Å²) in [5.41, 5.74) is 1.85. The summed E-state index contributed by atoms with van der Waals surface area (Å²) in [5, 5.41) is 3.90. The second-order valence-corrected chi connectivity index (χ2v) is 6.71. The number of rotatable bonds is 2. The molecule has 0 aromatic heterocycles. The standard InChI is InChI=1S/C16H9Cl2IN2O/c17-10-3-1-2-9(6-10)7-14-16(22)21-15(20-14)12-8-11(19)4-5-13(12)18/h1-8H,(H,20,21,22). The fourth-order valence-electron chi connectivity index (χ4n) is 2.03. The third-order valence-corrected chi connectivity index (χ3v) is 4.27. The fraction of sp³-hybridized carbons (Fsp3) is 0. The average Bonchev–Trinajstić information content (AvgIpc) is 2.83. The van der Waals surface area contributed by atoms with Crippen LogP contribution in [-0.2, 0) is 4.79 Å². The van der Waals surface area contributed by atoms with Crippen LogP contribution in [0.1, 0.15) is 11.1 Å². The molecular formula is C16H9Cl2IN2O. The molecule has 2 aromatic rings. The normalized spacial score (nSPS) is 15.9. The van der Waals surface area contributed by atoms with Crippen molar-refractivity contribution >= 4 is 63.6 Å². The van der Waals surface area contributed by atoms with E-state index in [2.05, 4.69) is 32.9 Å². The van der Waals surface area contributed by atoms with E-state index in [1.54, 1.807) is 24.3 Å². The largest absolute Gasteiger partial charge is 0.305 e. The first-order valence-electron chi connectivity index (χ1n) is 6.36. The zero-order valence-electron chi connectivity index (χ0n) is 11.1. The maximum Gasteiger partial charge on any atom is 0.275 e. The number of amidine groups is 1.